The van der Waals surface area contributed by atoms with Crippen molar-refractivity contribution in [1.29, 1.82) is 0 Å². The topological polar surface area (TPSA) is 61.8 Å². The maximum atomic E-state index is 12.0. The van der Waals surface area contributed by atoms with E-state index in [0.29, 0.717) is 19.4 Å². The molecule has 1 radical (unpaired) electrons. The van der Waals surface area contributed by atoms with Crippen molar-refractivity contribution in [2.75, 3.05) is 31.6 Å². The number of nitrogens with zero attached hydrogens (tertiary/aromatic N) is 1. The monoisotopic (exact) mass is 391 g/mol. The average Bonchev–Trinajstić information content (AvgIpc) is 2.69. The molecule has 0 spiro atoms. The van der Waals surface area contributed by atoms with Gasteiger partial charge in [0.25, 0.3) is 0 Å². The van der Waals surface area contributed by atoms with Gasteiger partial charge >= 0.3 is 5.97 Å². The van der Waals surface area contributed by atoms with E-state index in [1.54, 1.807) is 0 Å². The number of piperidine rings is 1. The molecule has 0 amide bonds. The van der Waals surface area contributed by atoms with Gasteiger partial charge in [0.1, 0.15) is 11.3 Å². The summed E-state index contributed by atoms with van der Waals surface area (Å²) >= 11 is 0. The summed E-state index contributed by atoms with van der Waals surface area (Å²) in [5.41, 5.74) is 1.18. The molecule has 2 N–H and O–H groups in total. The van der Waals surface area contributed by atoms with Crippen LogP contribution < -0.4 is 10.1 Å². The number of benzene rings is 2. The summed E-state index contributed by atoms with van der Waals surface area (Å²) in [5, 5.41) is 13.1. The van der Waals surface area contributed by atoms with Crippen LogP contribution in [0.15, 0.2) is 54.6 Å². The van der Waals surface area contributed by atoms with Gasteiger partial charge < -0.3 is 20.1 Å². The fourth-order valence-corrected chi connectivity index (χ4v) is 3.63. The smallest absolute Gasteiger partial charge is 0.329 e. The van der Waals surface area contributed by atoms with Crippen molar-refractivity contribution in [2.45, 2.75) is 31.7 Å². The van der Waals surface area contributed by atoms with Crippen molar-refractivity contribution in [3.63, 3.8) is 0 Å². The van der Waals surface area contributed by atoms with Gasteiger partial charge in [-0.15, -0.1) is 0 Å². The van der Waals surface area contributed by atoms with Crippen LogP contribution in [0.1, 0.15) is 25.3 Å². The minimum atomic E-state index is -0.888. The summed E-state index contributed by atoms with van der Waals surface area (Å²) in [7, 11) is 0. The largest absolute Gasteiger partial charge is 0.494 e. The zero-order chi connectivity index (χ0) is 19.1. The summed E-state index contributed by atoms with van der Waals surface area (Å²) in [6.45, 7) is 5.09. The first-order chi connectivity index (χ1) is 13.1. The van der Waals surface area contributed by atoms with Crippen LogP contribution >= 0.6 is 0 Å². The van der Waals surface area contributed by atoms with E-state index in [0.717, 1.165) is 37.5 Å². The second-order valence-electron chi connectivity index (χ2n) is 7.01. The Morgan fingerprint density at radius 1 is 1.11 bits per heavy atom. The zero-order valence-corrected chi connectivity index (χ0v) is 18.9. The Hall–Kier alpha value is -1.53. The van der Waals surface area contributed by atoms with E-state index in [1.807, 2.05) is 55.5 Å². The third kappa shape index (κ3) is 5.74. The summed E-state index contributed by atoms with van der Waals surface area (Å²) in [6, 6.07) is 17.7. The second-order valence-corrected chi connectivity index (χ2v) is 7.01. The number of likely N-dealkylation sites (tertiary alicyclic amines) is 1. The molecule has 3 rings (SSSR count). The van der Waals surface area contributed by atoms with Crippen molar-refractivity contribution in [3.8, 4) is 5.75 Å². The Morgan fingerprint density at radius 3 is 2.39 bits per heavy atom. The molecular formula is C22H28N2NaO3. The molecule has 0 aromatic heterocycles. The predicted molar refractivity (Wildman–Crippen MR) is 113 cm³/mol. The Kier molecular flexibility index (Phi) is 8.83. The first-order valence-corrected chi connectivity index (χ1v) is 9.63. The summed E-state index contributed by atoms with van der Waals surface area (Å²) in [6.07, 6.45) is 2.08. The van der Waals surface area contributed by atoms with Gasteiger partial charge in [0.2, 0.25) is 0 Å². The Balaban J connectivity index is 0.00000280. The molecule has 145 valence electrons. The number of aliphatic carboxylic acids is 1. The molecule has 2 aromatic carbocycles. The molecule has 1 fully saturated rings. The van der Waals surface area contributed by atoms with Crippen molar-refractivity contribution in [3.05, 3.63) is 60.2 Å². The number of anilines is 1. The molecule has 0 unspecified atom stereocenters. The van der Waals surface area contributed by atoms with Crippen molar-refractivity contribution < 1.29 is 14.6 Å². The number of ether oxygens (including phenoxy) is 1. The van der Waals surface area contributed by atoms with Gasteiger partial charge in [-0.05, 0) is 49.9 Å². The summed E-state index contributed by atoms with van der Waals surface area (Å²) < 4.78 is 5.70. The van der Waals surface area contributed by atoms with Gasteiger partial charge in [0.05, 0.1) is 6.61 Å². The first-order valence-electron chi connectivity index (χ1n) is 9.63. The van der Waals surface area contributed by atoms with Crippen LogP contribution in [0.4, 0.5) is 5.69 Å². The predicted octanol–water partition coefficient (Wildman–Crippen LogP) is 3.28. The number of carbonyl (C=O) groups is 1. The quantitative estimate of drug-likeness (QED) is 0.677. The van der Waals surface area contributed by atoms with E-state index < -0.39 is 11.5 Å². The molecule has 1 heterocycles. The minimum absolute atomic E-state index is 0. The first kappa shape index (κ1) is 22.8. The molecular weight excluding hydrogens is 363 g/mol. The number of nitrogens with one attached hydrogen (secondary N) is 1. The third-order valence-electron chi connectivity index (χ3n) is 5.25. The third-order valence-corrected chi connectivity index (χ3v) is 5.25. The van der Waals surface area contributed by atoms with Gasteiger partial charge in [-0.2, -0.15) is 0 Å². The number of carboxylic acid groups (broad SMARTS) is 1. The van der Waals surface area contributed by atoms with Gasteiger partial charge in [0.15, 0.2) is 0 Å². The Bertz CT molecular complexity index is 746. The van der Waals surface area contributed by atoms with E-state index >= 15 is 0 Å². The molecule has 2 aromatic rings. The second kappa shape index (κ2) is 10.9. The Labute approximate surface area is 189 Å². The normalized spacial score (nSPS) is 16.0. The maximum Gasteiger partial charge on any atom is 0.329 e. The maximum absolute atomic E-state index is 12.0. The van der Waals surface area contributed by atoms with Gasteiger partial charge in [-0.1, -0.05) is 36.4 Å². The fourth-order valence-electron chi connectivity index (χ4n) is 3.63. The van der Waals surface area contributed by atoms with Gasteiger partial charge in [0, 0.05) is 54.9 Å². The molecule has 1 aliphatic heterocycles. The molecule has 0 aliphatic carbocycles. The number of hydrogen-bond donors (Lipinski definition) is 2. The number of rotatable bonds is 8. The van der Waals surface area contributed by atoms with Crippen LogP contribution in [0.2, 0.25) is 0 Å². The van der Waals surface area contributed by atoms with Crippen LogP contribution in [0.3, 0.4) is 0 Å². The van der Waals surface area contributed by atoms with Crippen LogP contribution in [0.25, 0.3) is 0 Å². The van der Waals surface area contributed by atoms with Crippen molar-refractivity contribution in [1.82, 2.24) is 4.90 Å². The Morgan fingerprint density at radius 2 is 1.75 bits per heavy atom. The average molecular weight is 391 g/mol. The molecule has 6 heteroatoms. The van der Waals surface area contributed by atoms with Crippen molar-refractivity contribution in [2.24, 2.45) is 0 Å². The molecule has 0 saturated carbocycles. The molecule has 0 atom stereocenters. The summed E-state index contributed by atoms with van der Waals surface area (Å²) in [4.78, 5) is 14.3. The standard InChI is InChI=1S/C22H28N2O3.Na/c1-2-27-20-11-7-6-8-18(20)12-15-24-16-13-22(14-17-24,21(25)26)23-19-9-4-3-5-10-19;/h3-11,23H,2,12-17H2,1H3,(H,25,26);. The van der Waals surface area contributed by atoms with Gasteiger partial charge in [-0.3, -0.25) is 0 Å². The molecule has 1 saturated heterocycles. The van der Waals surface area contributed by atoms with Crippen LogP contribution in [0.5, 0.6) is 5.75 Å². The summed E-state index contributed by atoms with van der Waals surface area (Å²) in [5.74, 6) is 0.176. The van der Waals surface area contributed by atoms with Crippen molar-refractivity contribution >= 4 is 41.2 Å². The van der Waals surface area contributed by atoms with E-state index in [4.69, 9.17) is 4.74 Å². The van der Waals surface area contributed by atoms with Crippen LogP contribution in [0, 0.1) is 0 Å². The van der Waals surface area contributed by atoms with Crippen LogP contribution in [-0.2, 0) is 11.2 Å². The SMILES string of the molecule is CCOc1ccccc1CCN1CCC(Nc2ccccc2)(C(=O)O)CC1.[Na]. The van der Waals surface area contributed by atoms with Gasteiger partial charge in [-0.25, -0.2) is 4.79 Å². The number of hydrogen-bond acceptors (Lipinski definition) is 4. The fraction of sp³-hybridized carbons (Fsp3) is 0.409. The molecule has 1 aliphatic rings. The minimum Gasteiger partial charge on any atom is -0.494 e. The molecule has 28 heavy (non-hydrogen) atoms. The number of carboxylic acids is 1. The molecule has 5 nitrogen and oxygen atoms in total. The van der Waals surface area contributed by atoms with Crippen LogP contribution in [-0.4, -0.2) is 77.3 Å². The zero-order valence-electron chi connectivity index (χ0n) is 16.9. The van der Waals surface area contributed by atoms with E-state index in [2.05, 4.69) is 16.3 Å². The van der Waals surface area contributed by atoms with E-state index in [1.165, 1.54) is 5.56 Å². The van der Waals surface area contributed by atoms with E-state index in [9.17, 15) is 9.90 Å². The van der Waals surface area contributed by atoms with E-state index in [-0.39, 0.29) is 29.6 Å². The number of para-hydroxylation sites is 2. The molecule has 0 bridgehead atoms.